The lowest BCUT2D eigenvalue weighted by molar-refractivity contribution is 0.319. The molecule has 98 valence electrons. The molecule has 2 atom stereocenters. The van der Waals surface area contributed by atoms with Gasteiger partial charge in [-0.1, -0.05) is 13.0 Å². The highest BCUT2D eigenvalue weighted by atomic mass is 15.2. The van der Waals surface area contributed by atoms with Crippen LogP contribution in [-0.2, 0) is 6.54 Å². The summed E-state index contributed by atoms with van der Waals surface area (Å²) in [6.45, 7) is 4.92. The molecule has 1 aliphatic heterocycles. The predicted octanol–water partition coefficient (Wildman–Crippen LogP) is 1.59. The van der Waals surface area contributed by atoms with Gasteiger partial charge >= 0.3 is 0 Å². The average molecular weight is 254 g/mol. The largest absolute Gasteiger partial charge is 0.326 e. The van der Waals surface area contributed by atoms with Crippen LogP contribution >= 0.6 is 0 Å². The van der Waals surface area contributed by atoms with Crippen LogP contribution < -0.4 is 5.73 Å². The Labute approximate surface area is 113 Å². The summed E-state index contributed by atoms with van der Waals surface area (Å²) in [6.07, 6.45) is 4.04. The Balaban J connectivity index is 1.91. The van der Waals surface area contributed by atoms with Gasteiger partial charge in [-0.05, 0) is 18.1 Å². The van der Waals surface area contributed by atoms with Gasteiger partial charge in [0.25, 0.3) is 0 Å². The molecule has 0 bridgehead atoms. The molecular weight excluding hydrogens is 236 g/mol. The van der Waals surface area contributed by atoms with E-state index in [1.807, 2.05) is 28.8 Å². The van der Waals surface area contributed by atoms with Crippen molar-refractivity contribution in [2.45, 2.75) is 19.5 Å². The first kappa shape index (κ1) is 12.2. The van der Waals surface area contributed by atoms with E-state index < -0.39 is 0 Å². The molecule has 1 fully saturated rings. The van der Waals surface area contributed by atoms with E-state index in [0.717, 1.165) is 36.3 Å². The molecule has 0 aliphatic carbocycles. The third kappa shape index (κ3) is 2.12. The van der Waals surface area contributed by atoms with Gasteiger partial charge in [-0.25, -0.2) is 0 Å². The smallest absolute Gasteiger partial charge is 0.102 e. The lowest BCUT2D eigenvalue weighted by Crippen LogP contribution is -2.28. The van der Waals surface area contributed by atoms with E-state index in [2.05, 4.69) is 24.1 Å². The first-order valence-electron chi connectivity index (χ1n) is 6.65. The maximum Gasteiger partial charge on any atom is 0.102 e. The van der Waals surface area contributed by atoms with E-state index in [4.69, 9.17) is 5.73 Å². The van der Waals surface area contributed by atoms with Crippen molar-refractivity contribution >= 4 is 5.52 Å². The van der Waals surface area contributed by atoms with E-state index >= 15 is 0 Å². The van der Waals surface area contributed by atoms with E-state index in [1.165, 1.54) is 0 Å². The maximum absolute atomic E-state index is 9.38. The van der Waals surface area contributed by atoms with Gasteiger partial charge in [0, 0.05) is 43.6 Å². The minimum atomic E-state index is 0.252. The summed E-state index contributed by atoms with van der Waals surface area (Å²) >= 11 is 0. The van der Waals surface area contributed by atoms with Crippen LogP contribution in [-0.4, -0.2) is 28.4 Å². The summed E-state index contributed by atoms with van der Waals surface area (Å²) in [4.78, 5) is 2.34. The van der Waals surface area contributed by atoms with Gasteiger partial charge < -0.3 is 10.1 Å². The van der Waals surface area contributed by atoms with Gasteiger partial charge in [0.05, 0.1) is 11.1 Å². The number of hydrogen-bond acceptors (Lipinski definition) is 3. The zero-order chi connectivity index (χ0) is 13.4. The third-order valence-corrected chi connectivity index (χ3v) is 4.01. The molecule has 0 aromatic carbocycles. The minimum Gasteiger partial charge on any atom is -0.326 e. The van der Waals surface area contributed by atoms with Crippen LogP contribution in [0.3, 0.4) is 0 Å². The number of fused-ring (bicyclic) bond motifs is 1. The second-order valence-corrected chi connectivity index (χ2v) is 5.47. The molecule has 0 amide bonds. The summed E-state index contributed by atoms with van der Waals surface area (Å²) in [7, 11) is 0. The lowest BCUT2D eigenvalue weighted by Gasteiger charge is -2.14. The molecule has 1 aliphatic rings. The third-order valence-electron chi connectivity index (χ3n) is 4.01. The number of hydrogen-bond donors (Lipinski definition) is 1. The number of nitriles is 1. The molecular formula is C15H18N4. The van der Waals surface area contributed by atoms with Gasteiger partial charge in [-0.2, -0.15) is 5.26 Å². The Morgan fingerprint density at radius 1 is 1.42 bits per heavy atom. The summed E-state index contributed by atoms with van der Waals surface area (Å²) in [5, 5.41) is 9.38. The molecule has 4 heteroatoms. The summed E-state index contributed by atoms with van der Waals surface area (Å²) in [6, 6.07) is 8.52. The average Bonchev–Trinajstić information content (AvgIpc) is 2.90. The van der Waals surface area contributed by atoms with Gasteiger partial charge in [0.2, 0.25) is 0 Å². The molecule has 2 aromatic rings. The summed E-state index contributed by atoms with van der Waals surface area (Å²) in [5.41, 5.74) is 8.92. The SMILES string of the molecule is CC1CN(Cc2cn3ccccc3c2C#N)CC1N. The van der Waals surface area contributed by atoms with E-state index in [1.54, 1.807) is 0 Å². The number of nitrogens with zero attached hydrogens (tertiary/aromatic N) is 3. The fraction of sp³-hybridized carbons (Fsp3) is 0.400. The molecule has 0 spiro atoms. The van der Waals surface area contributed by atoms with Crippen molar-refractivity contribution in [3.8, 4) is 6.07 Å². The Kier molecular flexibility index (Phi) is 3.02. The zero-order valence-corrected chi connectivity index (χ0v) is 11.1. The molecule has 2 aromatic heterocycles. The Morgan fingerprint density at radius 3 is 2.95 bits per heavy atom. The Hall–Kier alpha value is -1.83. The highest BCUT2D eigenvalue weighted by molar-refractivity contribution is 5.65. The Morgan fingerprint density at radius 2 is 2.26 bits per heavy atom. The van der Waals surface area contributed by atoms with Crippen molar-refractivity contribution in [1.29, 1.82) is 5.26 Å². The zero-order valence-electron chi connectivity index (χ0n) is 11.1. The molecule has 2 unspecified atom stereocenters. The molecule has 0 radical (unpaired) electrons. The number of pyridine rings is 1. The second-order valence-electron chi connectivity index (χ2n) is 5.47. The van der Waals surface area contributed by atoms with Crippen molar-refractivity contribution in [2.75, 3.05) is 13.1 Å². The van der Waals surface area contributed by atoms with Gasteiger partial charge in [-0.3, -0.25) is 4.90 Å². The maximum atomic E-state index is 9.38. The fourth-order valence-corrected chi connectivity index (χ4v) is 2.89. The lowest BCUT2D eigenvalue weighted by atomic mass is 10.1. The van der Waals surface area contributed by atoms with Crippen LogP contribution in [0.4, 0.5) is 0 Å². The van der Waals surface area contributed by atoms with Crippen molar-refractivity contribution in [1.82, 2.24) is 9.30 Å². The number of rotatable bonds is 2. The normalized spacial score (nSPS) is 23.8. The summed E-state index contributed by atoms with van der Waals surface area (Å²) in [5.74, 6) is 0.530. The van der Waals surface area contributed by atoms with Crippen LogP contribution in [0.2, 0.25) is 0 Å². The van der Waals surface area contributed by atoms with Gasteiger partial charge in [0.15, 0.2) is 0 Å². The minimum absolute atomic E-state index is 0.252. The van der Waals surface area contributed by atoms with Crippen LogP contribution in [0, 0.1) is 17.2 Å². The fourth-order valence-electron chi connectivity index (χ4n) is 2.89. The first-order valence-corrected chi connectivity index (χ1v) is 6.65. The molecule has 3 heterocycles. The highest BCUT2D eigenvalue weighted by Crippen LogP contribution is 2.22. The van der Waals surface area contributed by atoms with Crippen LogP contribution in [0.15, 0.2) is 30.6 Å². The summed E-state index contributed by atoms with van der Waals surface area (Å²) < 4.78 is 2.02. The van der Waals surface area contributed by atoms with Crippen LogP contribution in [0.1, 0.15) is 18.1 Å². The monoisotopic (exact) mass is 254 g/mol. The van der Waals surface area contributed by atoms with Crippen LogP contribution in [0.25, 0.3) is 5.52 Å². The molecule has 4 nitrogen and oxygen atoms in total. The predicted molar refractivity (Wildman–Crippen MR) is 74.5 cm³/mol. The number of aromatic nitrogens is 1. The van der Waals surface area contributed by atoms with Gasteiger partial charge in [-0.15, -0.1) is 0 Å². The number of likely N-dealkylation sites (tertiary alicyclic amines) is 1. The van der Waals surface area contributed by atoms with Crippen molar-refractivity contribution in [2.24, 2.45) is 11.7 Å². The quantitative estimate of drug-likeness (QED) is 0.885. The molecule has 2 N–H and O–H groups in total. The molecule has 3 rings (SSSR count). The van der Waals surface area contributed by atoms with Crippen molar-refractivity contribution < 1.29 is 0 Å². The second kappa shape index (κ2) is 4.69. The van der Waals surface area contributed by atoms with E-state index in [0.29, 0.717) is 5.92 Å². The first-order chi connectivity index (χ1) is 9.19. The topological polar surface area (TPSA) is 57.5 Å². The molecule has 0 saturated carbocycles. The molecule has 19 heavy (non-hydrogen) atoms. The Bertz CT molecular complexity index is 627. The van der Waals surface area contributed by atoms with Crippen molar-refractivity contribution in [3.63, 3.8) is 0 Å². The molecule has 1 saturated heterocycles. The highest BCUT2D eigenvalue weighted by Gasteiger charge is 2.27. The van der Waals surface area contributed by atoms with Crippen LogP contribution in [0.5, 0.6) is 0 Å². The van der Waals surface area contributed by atoms with Crippen molar-refractivity contribution in [3.05, 3.63) is 41.7 Å². The van der Waals surface area contributed by atoms with Gasteiger partial charge in [0.1, 0.15) is 6.07 Å². The standard InChI is InChI=1S/C15H18N4/c1-11-7-18(10-14(11)17)8-12-9-19-5-3-2-4-15(19)13(12)6-16/h2-5,9,11,14H,7-8,10,17H2,1H3. The number of nitrogens with two attached hydrogens (primary N) is 1. The van der Waals surface area contributed by atoms with E-state index in [-0.39, 0.29) is 6.04 Å². The van der Waals surface area contributed by atoms with E-state index in [9.17, 15) is 5.26 Å².